The number of ether oxygens (including phenoxy) is 5. The number of furan rings is 3. The van der Waals surface area contributed by atoms with Crippen molar-refractivity contribution in [2.24, 2.45) is 0 Å². The predicted molar refractivity (Wildman–Crippen MR) is 517 cm³/mol. The lowest BCUT2D eigenvalue weighted by Crippen LogP contribution is -2.39. The van der Waals surface area contributed by atoms with Gasteiger partial charge in [0.05, 0.1) is 116 Å². The number of halogens is 3. The Morgan fingerprint density at radius 1 is 0.538 bits per heavy atom. The zero-order valence-electron chi connectivity index (χ0n) is 76.6. The van der Waals surface area contributed by atoms with Gasteiger partial charge in [0.2, 0.25) is 16.2 Å². The Labute approximate surface area is 830 Å². The number of aryl methyl sites for hydroxylation is 1. The molecule has 0 bridgehead atoms. The van der Waals surface area contributed by atoms with Gasteiger partial charge in [-0.25, -0.2) is 44.7 Å². The number of ketones is 3. The highest BCUT2D eigenvalue weighted by Gasteiger charge is 2.45. The van der Waals surface area contributed by atoms with E-state index in [2.05, 4.69) is 69.2 Å². The number of nitrogens with zero attached hydrogens (tertiary/aromatic N) is 6. The number of fused-ring (bicyclic) bond motifs is 4. The molecule has 3 saturated heterocycles. The number of sulfonamides is 6. The molecule has 0 atom stereocenters. The summed E-state index contributed by atoms with van der Waals surface area (Å²) in [6, 6.07) is 24.2. The smallest absolute Gasteiger partial charge is 0.495 e. The second-order valence-electron chi connectivity index (χ2n) is 31.9. The van der Waals surface area contributed by atoms with Crippen LogP contribution in [0.15, 0.2) is 217 Å². The van der Waals surface area contributed by atoms with Gasteiger partial charge in [0.25, 0.3) is 88.7 Å². The van der Waals surface area contributed by atoms with Crippen molar-refractivity contribution in [3.63, 3.8) is 0 Å². The van der Waals surface area contributed by atoms with Gasteiger partial charge in [-0.2, -0.15) is 25.3 Å². The van der Waals surface area contributed by atoms with Gasteiger partial charge in [-0.1, -0.05) is 42.3 Å². The number of alkyl halides is 3. The van der Waals surface area contributed by atoms with Crippen molar-refractivity contribution in [2.45, 2.75) is 99.8 Å². The third kappa shape index (κ3) is 26.0. The molecule has 5 amide bonds. The first-order valence-electron chi connectivity index (χ1n) is 43.8. The molecule has 0 unspecified atom stereocenters. The molecule has 0 saturated carbocycles. The molecule has 44 nitrogen and oxygen atoms in total. The van der Waals surface area contributed by atoms with Crippen molar-refractivity contribution in [3.05, 3.63) is 221 Å². The van der Waals surface area contributed by atoms with Gasteiger partial charge in [0.1, 0.15) is 55.8 Å². The minimum absolute atomic E-state index is 0.00510. The first-order valence-corrected chi connectivity index (χ1v) is 53.5. The summed E-state index contributed by atoms with van der Waals surface area (Å²) in [5.74, 6) is -5.50. The number of hydrogen-bond acceptors (Lipinski definition) is 36. The summed E-state index contributed by atoms with van der Waals surface area (Å²) in [5.41, 5.74) is -0.944. The standard InChI is InChI=1S/C25H25N3O7S2.C23H26N4O7S2.C22H18N4O7S.C21H21F3N4O8S2/c1-32-24-19(7-5-17(29)4-6-18-3-2-11-34-18)20(27-37(30,31)25-26-8-14-36-25)15-22-23(24)21(16-35-22)28-9-12-33-13-10-28;1-34-22-17(10-11-20(28)24-15-27-12-6-3-7-13-27)18(14-19-21(22)23(29)26-36(19,32)33)25-35(30,31)16-8-4-2-5-9-16;1-32-21-14(7-8-17(27)24-12-13-5-4-10-33-13)16(11-15-19(21)25-22(29)20(15)28)26-34(30,31)18-6-2-3-9-23-18;22-21(23,24)35-19-14(5-4-13(29)7-11-28-9-2-1-3-10-28)15(26-38(33,34)17-6-8-25-36-17)12-16-18(19)20(30)27-37(16,31)32/h2-3,5,7-8,11,14-16,27H,4,6,9-10,12-13H2,1H3;2,4-5,8-11,14,25H,3,6-7,12-13,15H2,1H3,(H,24,28)(H,26,29);2-11,26H,12H2,1H3,(H,24,27)(H,25,28,29);4-6,8,12,26H,1-3,7,9-11H2,(H,27,30)/b7-5+;11-10+;8-7+;5-4+. The minimum Gasteiger partial charge on any atom is -0.495 e. The number of pyridine rings is 1. The van der Waals surface area contributed by atoms with Crippen LogP contribution in [-0.2, 0) is 102 Å². The van der Waals surface area contributed by atoms with Crippen LogP contribution in [0.3, 0.4) is 0 Å². The summed E-state index contributed by atoms with van der Waals surface area (Å²) in [6.45, 7) is 6.81. The van der Waals surface area contributed by atoms with Gasteiger partial charge in [0.15, 0.2) is 28.1 Å². The van der Waals surface area contributed by atoms with E-state index < -0.39 is 145 Å². The molecular weight excluding hydrogens is 2050 g/mol. The fourth-order valence-electron chi connectivity index (χ4n) is 15.5. The van der Waals surface area contributed by atoms with Crippen LogP contribution in [0.2, 0.25) is 0 Å². The van der Waals surface area contributed by atoms with E-state index in [1.807, 2.05) is 15.5 Å². The van der Waals surface area contributed by atoms with Crippen molar-refractivity contribution < 1.29 is 143 Å². The SMILES string of the molecule is COc1c(/C=C/C(=O)CCc2ccco2)c(NS(=O)(=O)c2nccs2)cc2occ(N3CCOCC3)c12.COc1c(/C=C/C(=O)NCN2CCCCC2)c(NS(=O)(=O)c2ccccc2)cc2c1C(=O)NS2(=O)=O.COc1c(/C=C/C(=O)NCc2ccco2)c(NS(=O)(=O)c2ccccn2)cc2c1NC(=O)C2=O.O=C(/C=C/c1c(NS(=O)(=O)c2ccno2)cc2c(c1OC(F)(F)F)C(=O)NS2(=O)=O)CCN1CCCCC1. The van der Waals surface area contributed by atoms with Gasteiger partial charge >= 0.3 is 6.36 Å². The van der Waals surface area contributed by atoms with E-state index >= 15 is 0 Å². The number of amides is 5. The first kappa shape index (κ1) is 106. The Bertz CT molecular complexity index is 7590. The molecule has 9 N–H and O–H groups in total. The average molecular weight is 2140 g/mol. The maximum Gasteiger partial charge on any atom is 0.573 e. The number of nitrogens with one attached hydrogen (secondary N) is 9. The molecule has 766 valence electrons. The van der Waals surface area contributed by atoms with E-state index in [4.69, 9.17) is 32.2 Å². The molecule has 17 rings (SSSR count). The number of aromatic nitrogens is 3. The summed E-state index contributed by atoms with van der Waals surface area (Å²) in [5, 5.41) is 12.3. The number of benzene rings is 5. The van der Waals surface area contributed by atoms with Crippen LogP contribution in [0.25, 0.3) is 35.3 Å². The zero-order chi connectivity index (χ0) is 104. The zero-order valence-corrected chi connectivity index (χ0v) is 82.3. The Kier molecular flexibility index (Phi) is 33.4. The molecule has 0 radical (unpaired) electrons. The summed E-state index contributed by atoms with van der Waals surface area (Å²) >= 11 is 0.999. The molecule has 54 heteroatoms. The van der Waals surface area contributed by atoms with Crippen LogP contribution < -0.4 is 68.1 Å². The third-order valence-electron chi connectivity index (χ3n) is 22.3. The molecule has 6 aliphatic rings. The topological polar surface area (TPSA) is 597 Å². The number of carbonyl (C=O) groups is 8. The minimum atomic E-state index is -5.41. The fraction of sp³-hybridized carbons (Fsp3) is 0.264. The maximum atomic E-state index is 13.4. The summed E-state index contributed by atoms with van der Waals surface area (Å²) in [4.78, 5) is 112. The van der Waals surface area contributed by atoms with E-state index in [-0.39, 0.29) is 95.9 Å². The molecule has 11 aromatic rings. The highest BCUT2D eigenvalue weighted by molar-refractivity contribution is 7.94. The van der Waals surface area contributed by atoms with Crippen molar-refractivity contribution in [1.82, 2.24) is 45.0 Å². The normalized spacial score (nSPS) is 15.7. The lowest BCUT2D eigenvalue weighted by atomic mass is 10.0. The van der Waals surface area contributed by atoms with Gasteiger partial charge < -0.3 is 67.2 Å². The number of Topliss-reactive ketones (excluding diaryl/α,β-unsaturated/α-hetero) is 1. The molecule has 12 heterocycles. The number of rotatable bonds is 35. The van der Waals surface area contributed by atoms with Crippen LogP contribution in [-0.4, -0.2) is 216 Å². The number of likely N-dealkylation sites (tertiary alicyclic amines) is 2. The summed E-state index contributed by atoms with van der Waals surface area (Å²) in [7, 11) is -21.8. The van der Waals surface area contributed by atoms with Crippen LogP contribution in [0.1, 0.15) is 116 Å². The predicted octanol–water partition coefficient (Wildman–Crippen LogP) is 10.1. The Balaban J connectivity index is 0.000000153. The largest absolute Gasteiger partial charge is 0.573 e. The van der Waals surface area contributed by atoms with Crippen molar-refractivity contribution in [3.8, 4) is 23.0 Å². The van der Waals surface area contributed by atoms with E-state index in [1.165, 1.54) is 99.3 Å². The van der Waals surface area contributed by atoms with Crippen molar-refractivity contribution >= 4 is 188 Å². The number of thiazole rings is 1. The second kappa shape index (κ2) is 45.8. The third-order valence-corrected chi connectivity index (χ3v) is 31.5. The van der Waals surface area contributed by atoms with Crippen LogP contribution in [0.5, 0.6) is 23.0 Å². The number of piperidine rings is 2. The number of anilines is 6. The van der Waals surface area contributed by atoms with Crippen molar-refractivity contribution in [2.75, 3.05) is 116 Å². The molecule has 5 aromatic carbocycles. The Morgan fingerprint density at radius 2 is 1.08 bits per heavy atom. The number of morpholine rings is 1. The average Bonchev–Trinajstić information content (AvgIpc) is 1.57. The van der Waals surface area contributed by atoms with E-state index in [1.54, 1.807) is 72.5 Å². The highest BCUT2D eigenvalue weighted by atomic mass is 32.2. The second-order valence-corrected chi connectivity index (χ2v) is 42.9. The number of carbonyl (C=O) groups excluding carboxylic acids is 8. The van der Waals surface area contributed by atoms with Gasteiger partial charge in [-0.3, -0.25) is 62.1 Å². The Hall–Kier alpha value is -14.9. The molecule has 0 aliphatic carbocycles. The molecular formula is C91H90F3N15O29S7. The van der Waals surface area contributed by atoms with E-state index in [0.717, 1.165) is 118 Å². The number of allylic oxidation sites excluding steroid dienone is 2. The van der Waals surface area contributed by atoms with Crippen molar-refractivity contribution in [1.29, 1.82) is 0 Å². The molecule has 0 spiro atoms. The molecule has 3 fully saturated rings. The van der Waals surface area contributed by atoms with Crippen LogP contribution in [0, 0.1) is 0 Å². The summed E-state index contributed by atoms with van der Waals surface area (Å²) < 4.78 is 253. The first-order chi connectivity index (χ1) is 69.1. The van der Waals surface area contributed by atoms with Gasteiger partial charge in [-0.05, 0) is 155 Å². The van der Waals surface area contributed by atoms with Crippen LogP contribution in [0.4, 0.5) is 47.3 Å². The maximum absolute atomic E-state index is 13.4. The Morgan fingerprint density at radius 3 is 1.66 bits per heavy atom. The van der Waals surface area contributed by atoms with Gasteiger partial charge in [0, 0.05) is 103 Å². The molecule has 6 aliphatic heterocycles. The lowest BCUT2D eigenvalue weighted by Gasteiger charge is -2.28. The fourth-order valence-corrected chi connectivity index (χ4v) is 22.8. The molecule has 6 aromatic heterocycles. The quantitative estimate of drug-likeness (QED) is 0.0132. The summed E-state index contributed by atoms with van der Waals surface area (Å²) in [6.07, 6.45) is 19.7. The highest BCUT2D eigenvalue weighted by Crippen LogP contribution is 2.48. The van der Waals surface area contributed by atoms with Crippen LogP contribution >= 0.6 is 11.3 Å². The monoisotopic (exact) mass is 2140 g/mol. The number of methoxy groups -OCH3 is 3. The van der Waals surface area contributed by atoms with E-state index in [9.17, 15) is 102 Å². The van der Waals surface area contributed by atoms with E-state index in [0.29, 0.717) is 85.8 Å². The number of hydrogen-bond donors (Lipinski definition) is 9. The lowest BCUT2D eigenvalue weighted by molar-refractivity contribution is -0.274. The van der Waals surface area contributed by atoms with Gasteiger partial charge in [-0.15, -0.1) is 24.5 Å². The molecule has 145 heavy (non-hydrogen) atoms.